The van der Waals surface area contributed by atoms with Gasteiger partial charge in [0, 0.05) is 24.9 Å². The van der Waals surface area contributed by atoms with Crippen LogP contribution in [0.5, 0.6) is 0 Å². The van der Waals surface area contributed by atoms with Gasteiger partial charge in [-0.05, 0) is 61.1 Å². The van der Waals surface area contributed by atoms with Crippen molar-refractivity contribution in [3.05, 3.63) is 95.2 Å². The maximum atomic E-state index is 13.5. The normalized spacial score (nSPS) is 17.0. The number of carbonyl (C=O) groups is 5. The van der Waals surface area contributed by atoms with Crippen LogP contribution in [0.4, 0.5) is 0 Å². The molecule has 11 nitrogen and oxygen atoms in total. The van der Waals surface area contributed by atoms with Crippen LogP contribution in [-0.4, -0.2) is 73.2 Å². The van der Waals surface area contributed by atoms with Crippen LogP contribution >= 0.6 is 0 Å². The summed E-state index contributed by atoms with van der Waals surface area (Å²) in [7, 11) is 1.58. The summed E-state index contributed by atoms with van der Waals surface area (Å²) in [5.74, 6) is -0.969. The molecule has 2 aromatic rings. The third-order valence-electron chi connectivity index (χ3n) is 9.67. The van der Waals surface area contributed by atoms with Crippen molar-refractivity contribution in [3.63, 3.8) is 0 Å². The highest BCUT2D eigenvalue weighted by Crippen LogP contribution is 2.36. The number of rotatable bonds is 18. The molecule has 1 aliphatic carbocycles. The van der Waals surface area contributed by atoms with E-state index in [9.17, 15) is 24.0 Å². The molecule has 1 heterocycles. The van der Waals surface area contributed by atoms with Gasteiger partial charge in [-0.1, -0.05) is 93.9 Å². The molecule has 4 rings (SSSR count). The Morgan fingerprint density at radius 2 is 1.69 bits per heavy atom. The maximum Gasteiger partial charge on any atom is 0.249 e. The average molecular weight is 699 g/mol. The van der Waals surface area contributed by atoms with Crippen LogP contribution in [0.3, 0.4) is 0 Å². The van der Waals surface area contributed by atoms with Crippen LogP contribution in [0.2, 0.25) is 0 Å². The second-order valence-electron chi connectivity index (χ2n) is 13.4. The highest BCUT2D eigenvalue weighted by molar-refractivity contribution is 5.96. The fourth-order valence-electron chi connectivity index (χ4n) is 6.60. The summed E-state index contributed by atoms with van der Waals surface area (Å²) in [5.41, 5.74) is 3.84. The molecule has 3 atom stereocenters. The van der Waals surface area contributed by atoms with Gasteiger partial charge in [-0.15, -0.1) is 0 Å². The van der Waals surface area contributed by atoms with Crippen molar-refractivity contribution < 1.29 is 24.0 Å². The first-order chi connectivity index (χ1) is 24.6. The highest BCUT2D eigenvalue weighted by Gasteiger charge is 2.35. The summed E-state index contributed by atoms with van der Waals surface area (Å²) in [5, 5.41) is 14.6. The molecular weight excluding hydrogens is 644 g/mol. The second kappa shape index (κ2) is 19.5. The van der Waals surface area contributed by atoms with E-state index in [0.29, 0.717) is 50.3 Å². The molecule has 5 N–H and O–H groups in total. The molecule has 1 saturated carbocycles. The molecule has 51 heavy (non-hydrogen) atoms. The Kier molecular flexibility index (Phi) is 14.8. The fourth-order valence-corrected chi connectivity index (χ4v) is 6.60. The number of amides is 5. The van der Waals surface area contributed by atoms with Gasteiger partial charge in [-0.25, -0.2) is 0 Å². The van der Waals surface area contributed by atoms with Gasteiger partial charge in [-0.3, -0.25) is 24.0 Å². The minimum absolute atomic E-state index is 0.126. The Hall–Kier alpha value is -4.93. The van der Waals surface area contributed by atoms with Crippen molar-refractivity contribution in [2.75, 3.05) is 26.7 Å². The Morgan fingerprint density at radius 3 is 2.35 bits per heavy atom. The summed E-state index contributed by atoms with van der Waals surface area (Å²) < 4.78 is 0. The van der Waals surface area contributed by atoms with E-state index in [0.717, 1.165) is 11.1 Å². The third kappa shape index (κ3) is 11.0. The van der Waals surface area contributed by atoms with Gasteiger partial charge < -0.3 is 31.5 Å². The summed E-state index contributed by atoms with van der Waals surface area (Å²) in [4.78, 5) is 67.1. The van der Waals surface area contributed by atoms with Gasteiger partial charge in [0.05, 0.1) is 25.6 Å². The number of allylic oxidation sites excluding steroid dienone is 1. The molecule has 0 bridgehead atoms. The topological polar surface area (TPSA) is 149 Å². The van der Waals surface area contributed by atoms with Crippen molar-refractivity contribution in [2.24, 2.45) is 0 Å². The van der Waals surface area contributed by atoms with Gasteiger partial charge in [0.15, 0.2) is 0 Å². The van der Waals surface area contributed by atoms with Gasteiger partial charge in [-0.2, -0.15) is 0 Å². The van der Waals surface area contributed by atoms with Crippen LogP contribution in [-0.2, 0) is 30.4 Å². The zero-order valence-corrected chi connectivity index (χ0v) is 30.3. The molecular formula is C40H54N6O5. The molecule has 2 fully saturated rings. The Labute approximate surface area is 302 Å². The first-order valence-corrected chi connectivity index (χ1v) is 18.3. The lowest BCUT2D eigenvalue weighted by atomic mass is 9.79. The molecule has 11 heteroatoms. The van der Waals surface area contributed by atoms with Crippen molar-refractivity contribution in [3.8, 4) is 0 Å². The van der Waals surface area contributed by atoms with E-state index < -0.39 is 24.0 Å². The van der Waals surface area contributed by atoms with E-state index in [4.69, 9.17) is 0 Å². The predicted molar refractivity (Wildman–Crippen MR) is 198 cm³/mol. The van der Waals surface area contributed by atoms with Gasteiger partial charge in [0.2, 0.25) is 29.5 Å². The fraction of sp³-hybridized carbons (Fsp3) is 0.475. The highest BCUT2D eigenvalue weighted by atomic mass is 16.2. The van der Waals surface area contributed by atoms with Crippen molar-refractivity contribution >= 4 is 29.5 Å². The Balaban J connectivity index is 1.30. The minimum Gasteiger partial charge on any atom is -0.372 e. The van der Waals surface area contributed by atoms with E-state index in [-0.39, 0.29) is 48.7 Å². The molecule has 5 amide bonds. The maximum absolute atomic E-state index is 13.5. The van der Waals surface area contributed by atoms with Crippen LogP contribution < -0.4 is 26.6 Å². The number of carbonyl (C=O) groups excluding carboxylic acids is 5. The molecule has 0 radical (unpaired) electrons. The number of nitrogens with one attached hydrogen (secondary N) is 5. The number of hydrogen-bond donors (Lipinski definition) is 5. The van der Waals surface area contributed by atoms with Crippen molar-refractivity contribution in [1.82, 2.24) is 31.5 Å². The van der Waals surface area contributed by atoms with E-state index in [1.165, 1.54) is 29.7 Å². The number of benzene rings is 2. The standard InChI is InChI=1S/C40H54N6O5/c1-5-13-32(44-37(40(51)41-4)30-16-8-7-9-17-30)25-43-38(49)27(3)33(14-6-2)45-39(50)34-21-12-22-46(34)36(48)26-42-35(47)24-28-15-10-20-31(23-28)29-18-11-19-29/h7-10,13,15-17,20,23,29,33-34,37,44H,3,5-6,11-12,14,18-19,21-22,24-26H2,1-2,4H3,(H,41,51)(H,42,47)(H,43,49)(H,45,50)/b32-13+. The van der Waals surface area contributed by atoms with Crippen molar-refractivity contribution in [1.29, 1.82) is 0 Å². The average Bonchev–Trinajstić information content (AvgIpc) is 3.61. The number of nitrogens with zero attached hydrogens (tertiary/aromatic N) is 1. The van der Waals surface area contributed by atoms with Crippen LogP contribution in [0, 0.1) is 0 Å². The van der Waals surface area contributed by atoms with Crippen LogP contribution in [0.1, 0.15) is 93.9 Å². The zero-order valence-electron chi connectivity index (χ0n) is 30.3. The van der Waals surface area contributed by atoms with Gasteiger partial charge >= 0.3 is 0 Å². The molecule has 3 unspecified atom stereocenters. The lowest BCUT2D eigenvalue weighted by Gasteiger charge is -2.27. The number of likely N-dealkylation sites (tertiary alicyclic amines) is 1. The van der Waals surface area contributed by atoms with E-state index in [1.54, 1.807) is 7.05 Å². The monoisotopic (exact) mass is 698 g/mol. The minimum atomic E-state index is -0.702. The SMILES string of the molecule is C=C(C(=O)NC/C(=C\CC)NC(C(=O)NC)c1ccccc1)C(CCC)NC(=O)C1CCCN1C(=O)CNC(=O)Cc1cccc(C2CCC2)c1. The van der Waals surface area contributed by atoms with E-state index in [1.807, 2.05) is 62.4 Å². The van der Waals surface area contributed by atoms with Crippen LogP contribution in [0.15, 0.2) is 78.5 Å². The largest absolute Gasteiger partial charge is 0.372 e. The summed E-state index contributed by atoms with van der Waals surface area (Å²) in [6.07, 6.45) is 8.70. The number of likely N-dealkylation sites (N-methyl/N-ethyl adjacent to an activating group) is 1. The Bertz CT molecular complexity index is 1570. The molecule has 274 valence electrons. The predicted octanol–water partition coefficient (Wildman–Crippen LogP) is 3.93. The summed E-state index contributed by atoms with van der Waals surface area (Å²) in [6, 6.07) is 15.4. The lowest BCUT2D eigenvalue weighted by molar-refractivity contribution is -0.138. The Morgan fingerprint density at radius 1 is 0.922 bits per heavy atom. The van der Waals surface area contributed by atoms with Crippen LogP contribution in [0.25, 0.3) is 0 Å². The lowest BCUT2D eigenvalue weighted by Crippen LogP contribution is -2.52. The second-order valence-corrected chi connectivity index (χ2v) is 13.4. The van der Waals surface area contributed by atoms with Gasteiger partial charge in [0.1, 0.15) is 12.1 Å². The summed E-state index contributed by atoms with van der Waals surface area (Å²) >= 11 is 0. The quantitative estimate of drug-likeness (QED) is 0.149. The first kappa shape index (κ1) is 38.9. The molecule has 2 aromatic carbocycles. The number of hydrogen-bond acceptors (Lipinski definition) is 6. The zero-order chi connectivity index (χ0) is 36.8. The molecule has 1 saturated heterocycles. The smallest absolute Gasteiger partial charge is 0.249 e. The molecule has 1 aliphatic heterocycles. The molecule has 2 aliphatic rings. The first-order valence-electron chi connectivity index (χ1n) is 18.3. The summed E-state index contributed by atoms with van der Waals surface area (Å²) in [6.45, 7) is 8.30. The van der Waals surface area contributed by atoms with E-state index in [2.05, 4.69) is 45.3 Å². The van der Waals surface area contributed by atoms with E-state index >= 15 is 0 Å². The van der Waals surface area contributed by atoms with Crippen molar-refractivity contribution in [2.45, 2.75) is 95.7 Å². The molecule has 0 spiro atoms. The van der Waals surface area contributed by atoms with Gasteiger partial charge in [0.25, 0.3) is 0 Å². The third-order valence-corrected chi connectivity index (χ3v) is 9.67. The molecule has 0 aromatic heterocycles.